The third-order valence-electron chi connectivity index (χ3n) is 3.18. The first-order valence-electron chi connectivity index (χ1n) is 5.09. The van der Waals surface area contributed by atoms with Crippen molar-refractivity contribution < 1.29 is 4.39 Å². The summed E-state index contributed by atoms with van der Waals surface area (Å²) in [5.74, 6) is -0.113. The Morgan fingerprint density at radius 3 is 2.43 bits per heavy atom. The lowest BCUT2D eigenvalue weighted by atomic mass is 9.72. The van der Waals surface area contributed by atoms with E-state index in [1.165, 1.54) is 0 Å². The lowest BCUT2D eigenvalue weighted by Crippen LogP contribution is -2.44. The third kappa shape index (κ3) is 1.34. The van der Waals surface area contributed by atoms with E-state index >= 15 is 0 Å². The van der Waals surface area contributed by atoms with Crippen LogP contribution in [0.25, 0.3) is 0 Å². The Balaban J connectivity index is 2.51. The SMILES string of the molecule is Cc1cc(C)c(F)c(C2(N)CCC2)c1. The second kappa shape index (κ2) is 3.06. The highest BCUT2D eigenvalue weighted by atomic mass is 19.1. The number of rotatable bonds is 1. The summed E-state index contributed by atoms with van der Waals surface area (Å²) in [7, 11) is 0. The number of hydrogen-bond donors (Lipinski definition) is 1. The molecule has 0 aliphatic heterocycles. The molecule has 0 heterocycles. The molecule has 0 atom stereocenters. The van der Waals surface area contributed by atoms with E-state index < -0.39 is 0 Å². The highest BCUT2D eigenvalue weighted by Crippen LogP contribution is 2.40. The van der Waals surface area contributed by atoms with E-state index in [0.717, 1.165) is 24.8 Å². The Kier molecular flexibility index (Phi) is 2.11. The lowest BCUT2D eigenvalue weighted by molar-refractivity contribution is 0.244. The van der Waals surface area contributed by atoms with Crippen molar-refractivity contribution in [3.63, 3.8) is 0 Å². The van der Waals surface area contributed by atoms with Gasteiger partial charge in [0.2, 0.25) is 0 Å². The largest absolute Gasteiger partial charge is 0.321 e. The number of benzene rings is 1. The minimum absolute atomic E-state index is 0.113. The summed E-state index contributed by atoms with van der Waals surface area (Å²) in [6, 6.07) is 3.75. The second-order valence-corrected chi connectivity index (χ2v) is 4.45. The first-order valence-corrected chi connectivity index (χ1v) is 5.09. The maximum Gasteiger partial charge on any atom is 0.131 e. The molecule has 14 heavy (non-hydrogen) atoms. The second-order valence-electron chi connectivity index (χ2n) is 4.45. The third-order valence-corrected chi connectivity index (χ3v) is 3.18. The quantitative estimate of drug-likeness (QED) is 0.729. The van der Waals surface area contributed by atoms with Crippen molar-refractivity contribution in [2.75, 3.05) is 0 Å². The van der Waals surface area contributed by atoms with E-state index in [-0.39, 0.29) is 11.4 Å². The summed E-state index contributed by atoms with van der Waals surface area (Å²) in [6.45, 7) is 3.78. The van der Waals surface area contributed by atoms with Crippen LogP contribution in [0.1, 0.15) is 36.0 Å². The Morgan fingerprint density at radius 2 is 1.93 bits per heavy atom. The molecule has 2 heteroatoms. The number of halogens is 1. The summed E-state index contributed by atoms with van der Waals surface area (Å²) in [5.41, 5.74) is 8.24. The van der Waals surface area contributed by atoms with Crippen LogP contribution in [0.4, 0.5) is 4.39 Å². The minimum atomic E-state index is -0.388. The van der Waals surface area contributed by atoms with Crippen LogP contribution in [0.3, 0.4) is 0 Å². The normalized spacial score (nSPS) is 19.1. The van der Waals surface area contributed by atoms with Gasteiger partial charge in [-0.25, -0.2) is 4.39 Å². The summed E-state index contributed by atoms with van der Waals surface area (Å²) < 4.78 is 13.8. The minimum Gasteiger partial charge on any atom is -0.321 e. The van der Waals surface area contributed by atoms with Gasteiger partial charge in [-0.2, -0.15) is 0 Å². The maximum absolute atomic E-state index is 13.8. The molecule has 1 saturated carbocycles. The zero-order chi connectivity index (χ0) is 10.3. The Hall–Kier alpha value is -0.890. The van der Waals surface area contributed by atoms with Gasteiger partial charge >= 0.3 is 0 Å². The van der Waals surface area contributed by atoms with Gasteiger partial charge in [-0.05, 0) is 38.7 Å². The van der Waals surface area contributed by atoms with Crippen LogP contribution in [0, 0.1) is 19.7 Å². The zero-order valence-electron chi connectivity index (χ0n) is 8.73. The number of aryl methyl sites for hydroxylation is 2. The van der Waals surface area contributed by atoms with Gasteiger partial charge in [0.1, 0.15) is 5.82 Å². The molecule has 1 aromatic carbocycles. The average Bonchev–Trinajstić information content (AvgIpc) is 2.07. The van der Waals surface area contributed by atoms with E-state index in [1.54, 1.807) is 6.92 Å². The topological polar surface area (TPSA) is 26.0 Å². The summed E-state index contributed by atoms with van der Waals surface area (Å²) in [4.78, 5) is 0. The van der Waals surface area contributed by atoms with E-state index in [9.17, 15) is 4.39 Å². The van der Waals surface area contributed by atoms with Crippen molar-refractivity contribution in [3.05, 3.63) is 34.6 Å². The molecular weight excluding hydrogens is 177 g/mol. The van der Waals surface area contributed by atoms with Gasteiger partial charge in [0.25, 0.3) is 0 Å². The highest BCUT2D eigenvalue weighted by Gasteiger charge is 2.36. The first kappa shape index (κ1) is 9.66. The summed E-state index contributed by atoms with van der Waals surface area (Å²) in [6.07, 6.45) is 2.93. The molecule has 0 bridgehead atoms. The van der Waals surface area contributed by atoms with Gasteiger partial charge in [-0.15, -0.1) is 0 Å². The van der Waals surface area contributed by atoms with Gasteiger partial charge in [-0.1, -0.05) is 17.7 Å². The van der Waals surface area contributed by atoms with Gasteiger partial charge < -0.3 is 5.73 Å². The molecule has 0 radical (unpaired) electrons. The Labute approximate surface area is 84.1 Å². The van der Waals surface area contributed by atoms with Crippen molar-refractivity contribution in [1.29, 1.82) is 0 Å². The first-order chi connectivity index (χ1) is 6.53. The number of nitrogens with two attached hydrogens (primary N) is 1. The molecule has 1 nitrogen and oxygen atoms in total. The van der Waals surface area contributed by atoms with E-state index in [0.29, 0.717) is 11.1 Å². The van der Waals surface area contributed by atoms with Crippen molar-refractivity contribution in [1.82, 2.24) is 0 Å². The van der Waals surface area contributed by atoms with Gasteiger partial charge in [0.05, 0.1) is 0 Å². The predicted octanol–water partition coefficient (Wildman–Crippen LogP) is 2.78. The predicted molar refractivity (Wildman–Crippen MR) is 55.6 cm³/mol. The molecule has 1 aliphatic rings. The molecule has 0 saturated heterocycles. The van der Waals surface area contributed by atoms with E-state index in [2.05, 4.69) is 0 Å². The summed E-state index contributed by atoms with van der Waals surface area (Å²) in [5, 5.41) is 0. The lowest BCUT2D eigenvalue weighted by Gasteiger charge is -2.39. The number of hydrogen-bond acceptors (Lipinski definition) is 1. The average molecular weight is 193 g/mol. The van der Waals surface area contributed by atoms with E-state index in [1.807, 2.05) is 19.1 Å². The fourth-order valence-electron chi connectivity index (χ4n) is 2.14. The van der Waals surface area contributed by atoms with Crippen molar-refractivity contribution in [3.8, 4) is 0 Å². The smallest absolute Gasteiger partial charge is 0.131 e. The molecule has 0 amide bonds. The molecule has 2 rings (SSSR count). The molecule has 0 spiro atoms. The van der Waals surface area contributed by atoms with Crippen molar-refractivity contribution in [2.24, 2.45) is 5.73 Å². The van der Waals surface area contributed by atoms with Gasteiger partial charge in [-0.3, -0.25) is 0 Å². The Bertz CT molecular complexity index is 367. The highest BCUT2D eigenvalue weighted by molar-refractivity contribution is 5.36. The molecule has 0 aromatic heterocycles. The molecular formula is C12H16FN. The molecule has 76 valence electrons. The van der Waals surface area contributed by atoms with Crippen molar-refractivity contribution in [2.45, 2.75) is 38.6 Å². The zero-order valence-corrected chi connectivity index (χ0v) is 8.73. The van der Waals surface area contributed by atoms with E-state index in [4.69, 9.17) is 5.73 Å². The molecule has 2 N–H and O–H groups in total. The molecule has 1 aromatic rings. The van der Waals surface area contributed by atoms with Crippen LogP contribution in [0.5, 0.6) is 0 Å². The fraction of sp³-hybridized carbons (Fsp3) is 0.500. The monoisotopic (exact) mass is 193 g/mol. The molecule has 1 fully saturated rings. The molecule has 0 unspecified atom stereocenters. The summed E-state index contributed by atoms with van der Waals surface area (Å²) >= 11 is 0. The van der Waals surface area contributed by atoms with Crippen LogP contribution < -0.4 is 5.73 Å². The van der Waals surface area contributed by atoms with Crippen LogP contribution in [-0.4, -0.2) is 0 Å². The standard InChI is InChI=1S/C12H16FN/c1-8-6-9(2)11(13)10(7-8)12(14)4-3-5-12/h6-7H,3-5,14H2,1-2H3. The van der Waals surface area contributed by atoms with Crippen molar-refractivity contribution >= 4 is 0 Å². The van der Waals surface area contributed by atoms with Crippen LogP contribution in [-0.2, 0) is 5.54 Å². The molecule has 1 aliphatic carbocycles. The van der Waals surface area contributed by atoms with Gasteiger partial charge in [0, 0.05) is 11.1 Å². The van der Waals surface area contributed by atoms with Crippen LogP contribution in [0.15, 0.2) is 12.1 Å². The van der Waals surface area contributed by atoms with Gasteiger partial charge in [0.15, 0.2) is 0 Å². The van der Waals surface area contributed by atoms with Crippen LogP contribution >= 0.6 is 0 Å². The Morgan fingerprint density at radius 1 is 1.29 bits per heavy atom. The fourth-order valence-corrected chi connectivity index (χ4v) is 2.14. The maximum atomic E-state index is 13.8. The van der Waals surface area contributed by atoms with Crippen LogP contribution in [0.2, 0.25) is 0 Å².